The zero-order valence-corrected chi connectivity index (χ0v) is 11.1. The molecule has 3 N–H and O–H groups in total. The number of alkyl halides is 3. The van der Waals surface area contributed by atoms with Crippen LogP contribution in [0.15, 0.2) is 18.2 Å². The van der Waals surface area contributed by atoms with Crippen LogP contribution in [0.3, 0.4) is 0 Å². The molecule has 4 nitrogen and oxygen atoms in total. The Morgan fingerprint density at radius 2 is 2.00 bits per heavy atom. The Kier molecular flexibility index (Phi) is 6.09. The van der Waals surface area contributed by atoms with Crippen molar-refractivity contribution in [3.63, 3.8) is 0 Å². The second kappa shape index (κ2) is 7.35. The minimum atomic E-state index is -4.79. The van der Waals surface area contributed by atoms with Gasteiger partial charge in [0.2, 0.25) is 0 Å². The zero-order chi connectivity index (χ0) is 15.2. The number of aliphatic hydroxyl groups excluding tert-OH is 1. The molecule has 0 amide bonds. The van der Waals surface area contributed by atoms with E-state index in [1.54, 1.807) is 6.07 Å². The van der Waals surface area contributed by atoms with Gasteiger partial charge in [-0.3, -0.25) is 0 Å². The quantitative estimate of drug-likeness (QED) is 0.809. The molecule has 0 aliphatic carbocycles. The third kappa shape index (κ3) is 6.12. The van der Waals surface area contributed by atoms with E-state index in [0.29, 0.717) is 18.4 Å². The largest absolute Gasteiger partial charge is 0.573 e. The Morgan fingerprint density at radius 3 is 2.55 bits per heavy atom. The van der Waals surface area contributed by atoms with Crippen molar-refractivity contribution in [2.45, 2.75) is 32.2 Å². The molecule has 0 aromatic heterocycles. The summed E-state index contributed by atoms with van der Waals surface area (Å²) in [5, 5.41) is 8.65. The predicted molar refractivity (Wildman–Crippen MR) is 67.7 cm³/mol. The van der Waals surface area contributed by atoms with Crippen molar-refractivity contribution >= 4 is 0 Å². The molecular weight excluding hydrogens is 275 g/mol. The third-order valence-corrected chi connectivity index (χ3v) is 2.47. The number of nitrogens with two attached hydrogens (primary N) is 1. The van der Waals surface area contributed by atoms with Crippen LogP contribution in [0, 0.1) is 0 Å². The fourth-order valence-electron chi connectivity index (χ4n) is 1.58. The molecule has 0 fully saturated rings. The van der Waals surface area contributed by atoms with E-state index in [4.69, 9.17) is 15.6 Å². The molecule has 1 aromatic carbocycles. The highest BCUT2D eigenvalue weighted by molar-refractivity contribution is 5.43. The SMILES string of the molecule is CC(N)CCc1ccc(OCCO)c(OC(F)(F)F)c1. The predicted octanol–water partition coefficient (Wildman–Crippen LogP) is 2.24. The smallest absolute Gasteiger partial charge is 0.487 e. The van der Waals surface area contributed by atoms with Gasteiger partial charge >= 0.3 is 6.36 Å². The molecule has 1 atom stereocenters. The van der Waals surface area contributed by atoms with Crippen molar-refractivity contribution in [3.05, 3.63) is 23.8 Å². The van der Waals surface area contributed by atoms with Crippen molar-refractivity contribution in [2.75, 3.05) is 13.2 Å². The number of halogens is 3. The van der Waals surface area contributed by atoms with Gasteiger partial charge in [-0.15, -0.1) is 13.2 Å². The van der Waals surface area contributed by atoms with E-state index in [1.165, 1.54) is 12.1 Å². The molecule has 1 aromatic rings. The maximum Gasteiger partial charge on any atom is 0.573 e. The lowest BCUT2D eigenvalue weighted by molar-refractivity contribution is -0.275. The minimum Gasteiger partial charge on any atom is -0.487 e. The fourth-order valence-corrected chi connectivity index (χ4v) is 1.58. The fraction of sp³-hybridized carbons (Fsp3) is 0.538. The third-order valence-electron chi connectivity index (χ3n) is 2.47. The highest BCUT2D eigenvalue weighted by Crippen LogP contribution is 2.33. The number of ether oxygens (including phenoxy) is 2. The molecule has 0 heterocycles. The lowest BCUT2D eigenvalue weighted by atomic mass is 10.1. The van der Waals surface area contributed by atoms with Crippen molar-refractivity contribution < 1.29 is 27.8 Å². The molecule has 1 rings (SSSR count). The van der Waals surface area contributed by atoms with Crippen molar-refractivity contribution in [1.29, 1.82) is 0 Å². The molecule has 0 spiro atoms. The average molecular weight is 293 g/mol. The second-order valence-corrected chi connectivity index (χ2v) is 4.42. The van der Waals surface area contributed by atoms with Gasteiger partial charge in [-0.1, -0.05) is 6.07 Å². The summed E-state index contributed by atoms with van der Waals surface area (Å²) in [6, 6.07) is 4.29. The number of hydrogen-bond acceptors (Lipinski definition) is 4. The monoisotopic (exact) mass is 293 g/mol. The summed E-state index contributed by atoms with van der Waals surface area (Å²) >= 11 is 0. The summed E-state index contributed by atoms with van der Waals surface area (Å²) in [5.41, 5.74) is 6.29. The lowest BCUT2D eigenvalue weighted by Gasteiger charge is -2.15. The Labute approximate surface area is 115 Å². The summed E-state index contributed by atoms with van der Waals surface area (Å²) in [6.07, 6.45) is -3.59. The molecule has 0 saturated heterocycles. The van der Waals surface area contributed by atoms with E-state index in [2.05, 4.69) is 4.74 Å². The molecule has 0 radical (unpaired) electrons. The Bertz CT molecular complexity index is 422. The topological polar surface area (TPSA) is 64.7 Å². The highest BCUT2D eigenvalue weighted by atomic mass is 19.4. The second-order valence-electron chi connectivity index (χ2n) is 4.42. The maximum atomic E-state index is 12.3. The van der Waals surface area contributed by atoms with E-state index in [0.717, 1.165) is 0 Å². The normalized spacial score (nSPS) is 13.1. The summed E-state index contributed by atoms with van der Waals surface area (Å²) < 4.78 is 46.0. The summed E-state index contributed by atoms with van der Waals surface area (Å²) in [7, 11) is 0. The van der Waals surface area contributed by atoms with Gasteiger partial charge in [-0.25, -0.2) is 0 Å². The van der Waals surface area contributed by atoms with Gasteiger partial charge in [0.05, 0.1) is 6.61 Å². The Hall–Kier alpha value is -1.47. The van der Waals surface area contributed by atoms with Gasteiger partial charge < -0.3 is 20.3 Å². The van der Waals surface area contributed by atoms with E-state index < -0.39 is 12.1 Å². The minimum absolute atomic E-state index is 0.0349. The summed E-state index contributed by atoms with van der Waals surface area (Å²) in [4.78, 5) is 0. The van der Waals surface area contributed by atoms with Crippen molar-refractivity contribution in [3.8, 4) is 11.5 Å². The molecular formula is C13H18F3NO3. The first kappa shape index (κ1) is 16.6. The van der Waals surface area contributed by atoms with Crippen LogP contribution in [0.4, 0.5) is 13.2 Å². The van der Waals surface area contributed by atoms with Crippen LogP contribution in [0.5, 0.6) is 11.5 Å². The van der Waals surface area contributed by atoms with Crippen molar-refractivity contribution in [2.24, 2.45) is 5.73 Å². The number of rotatable bonds is 7. The van der Waals surface area contributed by atoms with Crippen LogP contribution in [-0.4, -0.2) is 30.7 Å². The summed E-state index contributed by atoms with van der Waals surface area (Å²) in [5.74, 6) is -0.464. The Morgan fingerprint density at radius 1 is 1.30 bits per heavy atom. The first-order valence-electron chi connectivity index (χ1n) is 6.19. The van der Waals surface area contributed by atoms with Gasteiger partial charge in [0.1, 0.15) is 6.61 Å². The molecule has 0 aliphatic heterocycles. The molecule has 0 aliphatic rings. The number of benzene rings is 1. The molecule has 114 valence electrons. The Balaban J connectivity index is 2.89. The highest BCUT2D eigenvalue weighted by Gasteiger charge is 2.32. The van der Waals surface area contributed by atoms with E-state index >= 15 is 0 Å². The van der Waals surface area contributed by atoms with Gasteiger partial charge in [0.15, 0.2) is 11.5 Å². The van der Waals surface area contributed by atoms with E-state index in [-0.39, 0.29) is 25.0 Å². The number of aryl methyl sites for hydroxylation is 1. The first-order valence-corrected chi connectivity index (χ1v) is 6.19. The lowest BCUT2D eigenvalue weighted by Crippen LogP contribution is -2.18. The van der Waals surface area contributed by atoms with Crippen LogP contribution in [0.2, 0.25) is 0 Å². The van der Waals surface area contributed by atoms with E-state index in [9.17, 15) is 13.2 Å². The average Bonchev–Trinajstić information content (AvgIpc) is 2.33. The molecule has 0 bridgehead atoms. The van der Waals surface area contributed by atoms with Gasteiger partial charge in [-0.05, 0) is 37.5 Å². The maximum absolute atomic E-state index is 12.3. The molecule has 1 unspecified atom stereocenters. The van der Waals surface area contributed by atoms with Crippen LogP contribution < -0.4 is 15.2 Å². The van der Waals surface area contributed by atoms with Gasteiger partial charge in [-0.2, -0.15) is 0 Å². The van der Waals surface area contributed by atoms with Crippen LogP contribution in [-0.2, 0) is 6.42 Å². The van der Waals surface area contributed by atoms with Gasteiger partial charge in [0.25, 0.3) is 0 Å². The van der Waals surface area contributed by atoms with Crippen LogP contribution >= 0.6 is 0 Å². The summed E-state index contributed by atoms with van der Waals surface area (Å²) in [6.45, 7) is 1.43. The van der Waals surface area contributed by atoms with Gasteiger partial charge in [0, 0.05) is 6.04 Å². The van der Waals surface area contributed by atoms with Crippen LogP contribution in [0.1, 0.15) is 18.9 Å². The molecule has 20 heavy (non-hydrogen) atoms. The zero-order valence-electron chi connectivity index (χ0n) is 11.1. The standard InChI is InChI=1S/C13H18F3NO3/c1-9(17)2-3-10-4-5-11(19-7-6-18)12(8-10)20-13(14,15)16/h4-5,8-9,18H,2-3,6-7,17H2,1H3. The van der Waals surface area contributed by atoms with Crippen LogP contribution in [0.25, 0.3) is 0 Å². The number of aliphatic hydroxyl groups is 1. The van der Waals surface area contributed by atoms with E-state index in [1.807, 2.05) is 6.92 Å². The molecule has 0 saturated carbocycles. The molecule has 7 heteroatoms. The number of hydrogen-bond donors (Lipinski definition) is 2. The van der Waals surface area contributed by atoms with Crippen molar-refractivity contribution in [1.82, 2.24) is 0 Å². The first-order chi connectivity index (χ1) is 9.31.